The Bertz CT molecular complexity index is 254. The van der Waals surface area contributed by atoms with Gasteiger partial charge in [0.05, 0.1) is 0 Å². The zero-order chi connectivity index (χ0) is 8.97. The van der Waals surface area contributed by atoms with Crippen molar-refractivity contribution in [1.82, 2.24) is 0 Å². The number of hydrogen-bond donors (Lipinski definition) is 0. The summed E-state index contributed by atoms with van der Waals surface area (Å²) in [5.41, 5.74) is 0.587. The molecule has 0 radical (unpaired) electrons. The molecule has 0 aromatic heterocycles. The first-order valence-corrected chi connectivity index (χ1v) is 4.08. The van der Waals surface area contributed by atoms with Crippen molar-refractivity contribution in [2.45, 2.75) is 0 Å². The molecule has 0 fully saturated rings. The lowest BCUT2D eigenvalue weighted by atomic mass is 9.80. The second kappa shape index (κ2) is 4.95. The predicted octanol–water partition coefficient (Wildman–Crippen LogP) is 2.38. The van der Waals surface area contributed by atoms with Gasteiger partial charge in [-0.25, -0.2) is 0 Å². The van der Waals surface area contributed by atoms with E-state index in [0.717, 1.165) is 0 Å². The second-order valence-corrected chi connectivity index (χ2v) is 2.80. The Morgan fingerprint density at radius 1 is 1.08 bits per heavy atom. The van der Waals surface area contributed by atoms with Crippen LogP contribution in [0.2, 0.25) is 5.02 Å². The molecule has 0 aliphatic carbocycles. The maximum atomic E-state index is 5.80. The van der Waals surface area contributed by atoms with Crippen molar-refractivity contribution in [2.75, 3.05) is 0 Å². The van der Waals surface area contributed by atoms with Crippen LogP contribution in [0.5, 0.6) is 0 Å². The molecule has 0 saturated heterocycles. The van der Waals surface area contributed by atoms with Gasteiger partial charge in [0, 0.05) is 34.2 Å². The van der Waals surface area contributed by atoms with Crippen LogP contribution >= 0.6 is 35.3 Å². The zero-order valence-corrected chi connectivity index (χ0v) is 8.10. The largest absolute Gasteiger partial charge is 0.528 e. The molecule has 1 rings (SSSR count). The highest BCUT2D eigenvalue weighted by atomic mass is 35.5. The van der Waals surface area contributed by atoms with Crippen molar-refractivity contribution < 1.29 is 8.41 Å². The minimum Gasteiger partial charge on any atom is -0.301 e. The fourth-order valence-corrected chi connectivity index (χ4v) is 1.30. The molecule has 0 aliphatic heterocycles. The Kier molecular flexibility index (Phi) is 4.19. The number of rotatable bonds is 3. The fraction of sp³-hybridized carbons (Fsp3) is 0. The van der Waals surface area contributed by atoms with Gasteiger partial charge in [-0.3, -0.25) is 0 Å². The Morgan fingerprint density at radius 2 is 1.67 bits per heavy atom. The number of halogens is 3. The third-order valence-electron chi connectivity index (χ3n) is 1.32. The third-order valence-corrected chi connectivity index (χ3v) is 1.99. The summed E-state index contributed by atoms with van der Waals surface area (Å²) in [4.78, 5) is 0. The average molecular weight is 225 g/mol. The van der Waals surface area contributed by atoms with Crippen molar-refractivity contribution in [3.8, 4) is 0 Å². The molecule has 0 atom stereocenters. The summed E-state index contributed by atoms with van der Waals surface area (Å²) >= 11 is 16.0. The lowest BCUT2D eigenvalue weighted by Gasteiger charge is -2.05. The van der Waals surface area contributed by atoms with E-state index in [1.165, 1.54) is 0 Å². The molecule has 0 spiro atoms. The van der Waals surface area contributed by atoms with E-state index in [9.17, 15) is 0 Å². The molecule has 0 amide bonds. The second-order valence-electron chi connectivity index (χ2n) is 2.03. The first-order valence-electron chi connectivity index (χ1n) is 3.09. The molecule has 0 bridgehead atoms. The molecule has 0 heterocycles. The molecule has 64 valence electrons. The van der Waals surface area contributed by atoms with E-state index in [-0.39, 0.29) is 0 Å². The Labute approximate surface area is 85.8 Å². The summed E-state index contributed by atoms with van der Waals surface area (Å²) in [6, 6.07) is 6.96. The van der Waals surface area contributed by atoms with Crippen molar-refractivity contribution in [3.05, 3.63) is 29.3 Å². The third kappa shape index (κ3) is 2.28. The van der Waals surface area contributed by atoms with E-state index >= 15 is 0 Å². The van der Waals surface area contributed by atoms with E-state index in [1.807, 2.05) is 0 Å². The first-order chi connectivity index (χ1) is 5.79. The normalized spacial score (nSPS) is 9.92. The van der Waals surface area contributed by atoms with Gasteiger partial charge < -0.3 is 8.41 Å². The van der Waals surface area contributed by atoms with Crippen molar-refractivity contribution >= 4 is 47.9 Å². The molecule has 0 aliphatic rings. The Morgan fingerprint density at radius 3 is 2.17 bits per heavy atom. The number of hydrogen-bond acceptors (Lipinski definition) is 2. The van der Waals surface area contributed by atoms with Gasteiger partial charge in [-0.1, -0.05) is 29.8 Å². The molecule has 0 unspecified atom stereocenters. The molecule has 12 heavy (non-hydrogen) atoms. The number of benzene rings is 1. The maximum Gasteiger partial charge on any atom is 0.528 e. The van der Waals surface area contributed by atoms with Crippen LogP contribution in [0.3, 0.4) is 0 Å². The van der Waals surface area contributed by atoms with Crippen molar-refractivity contribution in [3.63, 3.8) is 0 Å². The lowest BCUT2D eigenvalue weighted by molar-refractivity contribution is 0.494. The highest BCUT2D eigenvalue weighted by molar-refractivity contribution is 6.70. The molecule has 0 saturated carbocycles. The fourth-order valence-electron chi connectivity index (χ4n) is 0.776. The minimum absolute atomic E-state index is 0.490. The van der Waals surface area contributed by atoms with E-state index in [0.29, 0.717) is 10.5 Å². The lowest BCUT2D eigenvalue weighted by Crippen LogP contribution is -2.32. The summed E-state index contributed by atoms with van der Waals surface area (Å²) in [6.45, 7) is 0. The van der Waals surface area contributed by atoms with Gasteiger partial charge in [-0.15, -0.1) is 0 Å². The van der Waals surface area contributed by atoms with E-state index in [1.54, 1.807) is 24.3 Å². The molecule has 1 aromatic carbocycles. The quantitative estimate of drug-likeness (QED) is 0.735. The SMILES string of the molecule is ClOB(OCl)c1ccccc1Cl. The predicted molar refractivity (Wildman–Crippen MR) is 50.7 cm³/mol. The van der Waals surface area contributed by atoms with Crippen LogP contribution in [-0.4, -0.2) is 7.12 Å². The van der Waals surface area contributed by atoms with Crippen LogP contribution in [-0.2, 0) is 8.41 Å². The van der Waals surface area contributed by atoms with Crippen molar-refractivity contribution in [1.29, 1.82) is 0 Å². The van der Waals surface area contributed by atoms with Crippen LogP contribution in [0.25, 0.3) is 0 Å². The Balaban J connectivity index is 2.92. The molecular weight excluding hydrogens is 221 g/mol. The first kappa shape index (κ1) is 10.2. The Hall–Kier alpha value is 0.0749. The molecule has 0 N–H and O–H groups in total. The van der Waals surface area contributed by atoms with Gasteiger partial charge in [-0.2, -0.15) is 0 Å². The molecule has 2 nitrogen and oxygen atoms in total. The monoisotopic (exact) mass is 224 g/mol. The summed E-state index contributed by atoms with van der Waals surface area (Å²) in [5, 5.41) is 0.490. The highest BCUT2D eigenvalue weighted by Crippen LogP contribution is 2.08. The standard InChI is InChI=1S/C6H4BCl3O2/c8-6-4-2-1-3-5(6)7(11-9)12-10/h1-4H. The molecule has 1 aromatic rings. The van der Waals surface area contributed by atoms with Gasteiger partial charge in [0.2, 0.25) is 0 Å². The van der Waals surface area contributed by atoms with E-state index in [4.69, 9.17) is 35.3 Å². The van der Waals surface area contributed by atoms with E-state index in [2.05, 4.69) is 8.41 Å². The minimum atomic E-state index is -0.845. The van der Waals surface area contributed by atoms with Gasteiger partial charge in [0.15, 0.2) is 0 Å². The van der Waals surface area contributed by atoms with Crippen LogP contribution in [0, 0.1) is 0 Å². The maximum absolute atomic E-state index is 5.80. The molecular formula is C6H4BCl3O2. The topological polar surface area (TPSA) is 18.5 Å². The summed E-state index contributed by atoms with van der Waals surface area (Å²) < 4.78 is 8.80. The highest BCUT2D eigenvalue weighted by Gasteiger charge is 2.23. The summed E-state index contributed by atoms with van der Waals surface area (Å²) in [6.07, 6.45) is 0. The van der Waals surface area contributed by atoms with Crippen LogP contribution in [0.4, 0.5) is 0 Å². The van der Waals surface area contributed by atoms with Gasteiger partial charge >= 0.3 is 7.12 Å². The van der Waals surface area contributed by atoms with E-state index < -0.39 is 7.12 Å². The van der Waals surface area contributed by atoms with Crippen LogP contribution < -0.4 is 5.46 Å². The molecule has 6 heteroatoms. The smallest absolute Gasteiger partial charge is 0.301 e. The zero-order valence-electron chi connectivity index (χ0n) is 5.84. The average Bonchev–Trinajstić information content (AvgIpc) is 2.10. The summed E-state index contributed by atoms with van der Waals surface area (Å²) in [7, 11) is -0.845. The van der Waals surface area contributed by atoms with Gasteiger partial charge in [0.1, 0.15) is 0 Å². The van der Waals surface area contributed by atoms with Gasteiger partial charge in [-0.05, 0) is 6.07 Å². The van der Waals surface area contributed by atoms with Gasteiger partial charge in [0.25, 0.3) is 0 Å². The van der Waals surface area contributed by atoms with Crippen LogP contribution in [0.1, 0.15) is 0 Å². The summed E-state index contributed by atoms with van der Waals surface area (Å²) in [5.74, 6) is 0. The van der Waals surface area contributed by atoms with Crippen molar-refractivity contribution in [2.24, 2.45) is 0 Å². The van der Waals surface area contributed by atoms with Crippen LogP contribution in [0.15, 0.2) is 24.3 Å².